The number of hydrogen-bond acceptors (Lipinski definition) is 8. The van der Waals surface area contributed by atoms with Gasteiger partial charge in [0, 0.05) is 23.2 Å². The zero-order valence-corrected chi connectivity index (χ0v) is 16.4. The summed E-state index contributed by atoms with van der Waals surface area (Å²) in [7, 11) is 0. The monoisotopic (exact) mass is 391 g/mol. The van der Waals surface area contributed by atoms with Gasteiger partial charge < -0.3 is 20.5 Å². The van der Waals surface area contributed by atoms with E-state index >= 15 is 0 Å². The number of nitro groups is 1. The van der Waals surface area contributed by atoms with Gasteiger partial charge in [0.05, 0.1) is 29.4 Å². The number of nitrogens with two attached hydrogens (primary N) is 1. The van der Waals surface area contributed by atoms with Crippen molar-refractivity contribution in [3.63, 3.8) is 0 Å². The second-order valence-electron chi connectivity index (χ2n) is 6.69. The van der Waals surface area contributed by atoms with E-state index in [-0.39, 0.29) is 30.0 Å². The number of allylic oxidation sites excluding steroid dienone is 1. The Morgan fingerprint density at radius 1 is 1.25 bits per heavy atom. The first-order valence-electron chi connectivity index (χ1n) is 9.00. The summed E-state index contributed by atoms with van der Waals surface area (Å²) < 4.78 is 10.3. The zero-order valence-electron chi connectivity index (χ0n) is 16.4. The lowest BCUT2D eigenvalue weighted by Crippen LogP contribution is -2.63. The van der Waals surface area contributed by atoms with E-state index in [2.05, 4.69) is 5.32 Å². The Hall–Kier alpha value is -2.94. The van der Waals surface area contributed by atoms with Crippen molar-refractivity contribution in [2.75, 3.05) is 13.2 Å². The molecule has 2 rings (SSSR count). The highest BCUT2D eigenvalue weighted by Gasteiger charge is 2.52. The Kier molecular flexibility index (Phi) is 6.40. The molecule has 1 aliphatic heterocycles. The van der Waals surface area contributed by atoms with Crippen molar-refractivity contribution in [1.82, 2.24) is 5.32 Å². The predicted octanol–water partition coefficient (Wildman–Crippen LogP) is 1.97. The van der Waals surface area contributed by atoms with Gasteiger partial charge in [-0.25, -0.2) is 4.79 Å². The number of nitrogens with one attached hydrogen (secondary N) is 1. The summed E-state index contributed by atoms with van der Waals surface area (Å²) in [5.74, 6) is -3.41. The standard InChI is InChI=1S/C19H25N3O6/c1-5-27-17(23)14-11(3)21-19(4,20)16(18(24)28-6-2)15(14)12-9-7-8-10-13(12)22(25)26/h7-10,15-16,21H,5-6,20H2,1-4H3. The topological polar surface area (TPSA) is 134 Å². The first-order chi connectivity index (χ1) is 13.2. The highest BCUT2D eigenvalue weighted by atomic mass is 16.6. The van der Waals surface area contributed by atoms with Crippen LogP contribution in [0.3, 0.4) is 0 Å². The van der Waals surface area contributed by atoms with Crippen molar-refractivity contribution in [3.05, 3.63) is 51.2 Å². The minimum atomic E-state index is -1.30. The number of nitro benzene ring substituents is 1. The fourth-order valence-electron chi connectivity index (χ4n) is 3.65. The minimum absolute atomic E-state index is 0.104. The highest BCUT2D eigenvalue weighted by molar-refractivity contribution is 5.94. The van der Waals surface area contributed by atoms with E-state index < -0.39 is 34.4 Å². The van der Waals surface area contributed by atoms with Gasteiger partial charge in [-0.15, -0.1) is 0 Å². The van der Waals surface area contributed by atoms with Crippen LogP contribution in [0.15, 0.2) is 35.5 Å². The molecule has 0 amide bonds. The van der Waals surface area contributed by atoms with Gasteiger partial charge in [-0.1, -0.05) is 18.2 Å². The van der Waals surface area contributed by atoms with Crippen molar-refractivity contribution in [2.45, 2.75) is 39.3 Å². The summed E-state index contributed by atoms with van der Waals surface area (Å²) in [6, 6.07) is 5.97. The fourth-order valence-corrected chi connectivity index (χ4v) is 3.65. The number of para-hydroxylation sites is 1. The summed E-state index contributed by atoms with van der Waals surface area (Å²) in [5.41, 5.74) is 5.57. The van der Waals surface area contributed by atoms with E-state index in [0.717, 1.165) is 0 Å². The molecule has 1 aromatic rings. The Labute approximate surface area is 163 Å². The van der Waals surface area contributed by atoms with E-state index in [4.69, 9.17) is 15.2 Å². The average Bonchev–Trinajstić information content (AvgIpc) is 2.60. The van der Waals surface area contributed by atoms with Crippen LogP contribution >= 0.6 is 0 Å². The minimum Gasteiger partial charge on any atom is -0.466 e. The number of esters is 2. The molecular formula is C19H25N3O6. The van der Waals surface area contributed by atoms with Crippen LogP contribution in [0.4, 0.5) is 5.69 Å². The van der Waals surface area contributed by atoms with Crippen molar-refractivity contribution >= 4 is 17.6 Å². The van der Waals surface area contributed by atoms with E-state index in [1.165, 1.54) is 18.2 Å². The zero-order chi connectivity index (χ0) is 21.1. The lowest BCUT2D eigenvalue weighted by atomic mass is 9.70. The van der Waals surface area contributed by atoms with Crippen molar-refractivity contribution in [3.8, 4) is 0 Å². The maximum atomic E-state index is 12.8. The maximum absolute atomic E-state index is 12.8. The van der Waals surface area contributed by atoms with Gasteiger partial charge in [0.1, 0.15) is 5.92 Å². The van der Waals surface area contributed by atoms with Crippen LogP contribution in [0.2, 0.25) is 0 Å². The van der Waals surface area contributed by atoms with Gasteiger partial charge >= 0.3 is 11.9 Å². The summed E-state index contributed by atoms with van der Waals surface area (Å²) in [6.07, 6.45) is 0. The number of benzene rings is 1. The molecule has 152 valence electrons. The second kappa shape index (κ2) is 8.39. The molecule has 1 heterocycles. The van der Waals surface area contributed by atoms with E-state index in [9.17, 15) is 19.7 Å². The Bertz CT molecular complexity index is 818. The van der Waals surface area contributed by atoms with Crippen LogP contribution in [-0.4, -0.2) is 35.7 Å². The Morgan fingerprint density at radius 3 is 2.43 bits per heavy atom. The quantitative estimate of drug-likeness (QED) is 0.427. The summed E-state index contributed by atoms with van der Waals surface area (Å²) in [5, 5.41) is 14.6. The summed E-state index contributed by atoms with van der Waals surface area (Å²) >= 11 is 0. The largest absolute Gasteiger partial charge is 0.466 e. The predicted molar refractivity (Wildman–Crippen MR) is 101 cm³/mol. The molecule has 3 unspecified atom stereocenters. The molecule has 0 aromatic heterocycles. The van der Waals surface area contributed by atoms with Crippen LogP contribution in [0.5, 0.6) is 0 Å². The van der Waals surface area contributed by atoms with Gasteiger partial charge in [-0.05, 0) is 27.7 Å². The third kappa shape index (κ3) is 3.99. The summed E-state index contributed by atoms with van der Waals surface area (Å²) in [4.78, 5) is 36.6. The molecule has 0 spiro atoms. The van der Waals surface area contributed by atoms with Gasteiger partial charge in [-0.2, -0.15) is 0 Å². The molecular weight excluding hydrogens is 366 g/mol. The average molecular weight is 391 g/mol. The molecule has 28 heavy (non-hydrogen) atoms. The molecule has 0 radical (unpaired) electrons. The number of ether oxygens (including phenoxy) is 2. The third-order valence-corrected chi connectivity index (χ3v) is 4.66. The molecule has 0 saturated heterocycles. The van der Waals surface area contributed by atoms with Crippen LogP contribution in [0, 0.1) is 16.0 Å². The first-order valence-corrected chi connectivity index (χ1v) is 9.00. The van der Waals surface area contributed by atoms with Crippen LogP contribution in [-0.2, 0) is 19.1 Å². The Balaban J connectivity index is 2.79. The van der Waals surface area contributed by atoms with Gasteiger partial charge in [-0.3, -0.25) is 14.9 Å². The smallest absolute Gasteiger partial charge is 0.336 e. The molecule has 1 aromatic carbocycles. The molecule has 9 heteroatoms. The normalized spacial score (nSPS) is 24.3. The van der Waals surface area contributed by atoms with Gasteiger partial charge in [0.25, 0.3) is 5.69 Å². The van der Waals surface area contributed by atoms with Gasteiger partial charge in [0.15, 0.2) is 0 Å². The SMILES string of the molecule is CCOC(=O)C1=C(C)NC(C)(N)C(C(=O)OCC)C1c1ccccc1[N+](=O)[O-]. The maximum Gasteiger partial charge on any atom is 0.336 e. The van der Waals surface area contributed by atoms with E-state index in [0.29, 0.717) is 5.70 Å². The second-order valence-corrected chi connectivity index (χ2v) is 6.69. The molecule has 3 N–H and O–H groups in total. The molecule has 0 aliphatic carbocycles. The number of carbonyl (C=O) groups is 2. The van der Waals surface area contributed by atoms with Crippen LogP contribution in [0.25, 0.3) is 0 Å². The first kappa shape index (κ1) is 21.4. The summed E-state index contributed by atoms with van der Waals surface area (Å²) in [6.45, 7) is 6.73. The van der Waals surface area contributed by atoms with Crippen molar-refractivity contribution in [1.29, 1.82) is 0 Å². The number of nitrogens with zero attached hydrogens (tertiary/aromatic N) is 1. The highest BCUT2D eigenvalue weighted by Crippen LogP contribution is 2.45. The number of hydrogen-bond donors (Lipinski definition) is 2. The fraction of sp³-hybridized carbons (Fsp3) is 0.474. The van der Waals surface area contributed by atoms with Crippen molar-refractivity contribution < 1.29 is 24.0 Å². The molecule has 0 fully saturated rings. The van der Waals surface area contributed by atoms with E-state index in [1.807, 2.05) is 0 Å². The Morgan fingerprint density at radius 2 is 1.86 bits per heavy atom. The van der Waals surface area contributed by atoms with Crippen molar-refractivity contribution in [2.24, 2.45) is 11.7 Å². The lowest BCUT2D eigenvalue weighted by molar-refractivity contribution is -0.385. The molecule has 0 bridgehead atoms. The molecule has 0 saturated carbocycles. The molecule has 3 atom stereocenters. The third-order valence-electron chi connectivity index (χ3n) is 4.66. The van der Waals surface area contributed by atoms with Crippen LogP contribution < -0.4 is 11.1 Å². The number of carbonyl (C=O) groups excluding carboxylic acids is 2. The molecule has 9 nitrogen and oxygen atoms in total. The van der Waals surface area contributed by atoms with Gasteiger partial charge in [0.2, 0.25) is 0 Å². The van der Waals surface area contributed by atoms with E-state index in [1.54, 1.807) is 33.8 Å². The molecule has 1 aliphatic rings. The number of rotatable bonds is 6. The lowest BCUT2D eigenvalue weighted by Gasteiger charge is -2.44. The van der Waals surface area contributed by atoms with Crippen LogP contribution in [0.1, 0.15) is 39.2 Å².